The van der Waals surface area contributed by atoms with Gasteiger partial charge in [0, 0.05) is 140 Å². The van der Waals surface area contributed by atoms with Crippen LogP contribution in [-0.2, 0) is 0 Å². The van der Waals surface area contributed by atoms with Gasteiger partial charge in [0.05, 0.1) is 0 Å². The number of fused-ring (bicyclic) bond motifs is 2. The molecule has 0 radical (unpaired) electrons. The second kappa shape index (κ2) is 27.4. The second-order valence-electron chi connectivity index (χ2n) is 21.6. The number of hydrogen-bond donors (Lipinski definition) is 8. The fourth-order valence-corrected chi connectivity index (χ4v) is 10.7. The van der Waals surface area contributed by atoms with Gasteiger partial charge in [0.25, 0.3) is 11.8 Å². The number of aryl methyl sites for hydroxylation is 3. The quantitative estimate of drug-likeness (QED) is 0.00905. The summed E-state index contributed by atoms with van der Waals surface area (Å²) in [6.45, 7) is 15.7. The molecule has 426 valence electrons. The van der Waals surface area contributed by atoms with Crippen molar-refractivity contribution in [3.8, 4) is 16.8 Å². The first-order valence-corrected chi connectivity index (χ1v) is 29.1. The van der Waals surface area contributed by atoms with E-state index >= 15 is 0 Å². The van der Waals surface area contributed by atoms with Crippen LogP contribution in [-0.4, -0.2) is 69.5 Å². The fraction of sp³-hybridized carbons (Fsp3) is 0.275. The predicted octanol–water partition coefficient (Wildman–Crippen LogP) is 13.3. The number of unbranched alkanes of at least 4 members (excludes halogenated alkanes) is 6. The van der Waals surface area contributed by atoms with Crippen LogP contribution in [0.25, 0.3) is 38.9 Å². The van der Waals surface area contributed by atoms with Crippen molar-refractivity contribution in [2.75, 3.05) is 67.7 Å². The Morgan fingerprint density at radius 2 is 1.06 bits per heavy atom. The van der Waals surface area contributed by atoms with Gasteiger partial charge in [-0.3, -0.25) is 9.59 Å². The molecule has 83 heavy (non-hydrogen) atoms. The number of aromatic nitrogens is 2. The van der Waals surface area contributed by atoms with E-state index in [0.717, 1.165) is 183 Å². The van der Waals surface area contributed by atoms with Gasteiger partial charge in [-0.25, -0.2) is 9.98 Å². The molecule has 0 saturated heterocycles. The number of likely N-dealkylation sites (N-methyl/N-ethyl adjacent to an activating group) is 1. The summed E-state index contributed by atoms with van der Waals surface area (Å²) in [7, 11) is 3.89. The van der Waals surface area contributed by atoms with E-state index in [0.29, 0.717) is 29.9 Å². The van der Waals surface area contributed by atoms with E-state index in [1.165, 1.54) is 0 Å². The topological polar surface area (TPSA) is 190 Å². The maximum absolute atomic E-state index is 13.1. The number of allylic oxidation sites excluding steroid dienone is 3. The smallest absolute Gasteiger partial charge is 0.251 e. The normalized spacial score (nSPS) is 12.7. The molecule has 2 amide bonds. The molecule has 0 aliphatic heterocycles. The van der Waals surface area contributed by atoms with Crippen LogP contribution in [0.3, 0.4) is 0 Å². The lowest BCUT2D eigenvalue weighted by Gasteiger charge is -2.15. The first kappa shape index (κ1) is 58.4. The van der Waals surface area contributed by atoms with Gasteiger partial charge in [0.2, 0.25) is 28.1 Å². The van der Waals surface area contributed by atoms with Crippen LogP contribution >= 0.6 is 0 Å². The van der Waals surface area contributed by atoms with Crippen LogP contribution < -0.4 is 52.5 Å². The Hall–Kier alpha value is -9.30. The zero-order chi connectivity index (χ0) is 58.4. The van der Waals surface area contributed by atoms with Crippen LogP contribution in [0.4, 0.5) is 45.5 Å². The molecule has 1 aliphatic carbocycles. The summed E-state index contributed by atoms with van der Waals surface area (Å²) in [6.07, 6.45) is 13.0. The molecule has 0 bridgehead atoms. The molecule has 0 atom stereocenters. The molecule has 0 saturated carbocycles. The van der Waals surface area contributed by atoms with Crippen molar-refractivity contribution in [2.45, 2.75) is 85.5 Å². The van der Waals surface area contributed by atoms with Gasteiger partial charge in [-0.1, -0.05) is 56.0 Å². The van der Waals surface area contributed by atoms with Crippen molar-refractivity contribution < 1.29 is 14.2 Å². The van der Waals surface area contributed by atoms with E-state index in [2.05, 4.69) is 132 Å². The molecule has 0 unspecified atom stereocenters. The molecule has 8 aromatic rings. The van der Waals surface area contributed by atoms with Crippen molar-refractivity contribution >= 4 is 91.8 Å². The number of nitrogens with zero attached hydrogens (tertiary/aromatic N) is 4. The fourth-order valence-electron chi connectivity index (χ4n) is 10.7. The number of carbonyl (C=O) groups excluding carboxylic acids is 2. The first-order chi connectivity index (χ1) is 40.3. The van der Waals surface area contributed by atoms with Crippen molar-refractivity contribution in [2.24, 2.45) is 4.99 Å². The van der Waals surface area contributed by atoms with E-state index in [9.17, 15) is 9.59 Å². The largest absolute Gasteiger partial charge is 0.399 e. The highest BCUT2D eigenvalue weighted by molar-refractivity contribution is 6.01. The Kier molecular flexibility index (Phi) is 19.3. The summed E-state index contributed by atoms with van der Waals surface area (Å²) in [6, 6.07) is 43.9. The number of nitrogens with one attached hydrogen (secondary N) is 6. The van der Waals surface area contributed by atoms with Crippen molar-refractivity contribution in [1.29, 1.82) is 0 Å². The molecule has 1 aliphatic rings. The Balaban J connectivity index is 0.671. The minimum atomic E-state index is -0.0833. The monoisotopic (exact) mass is 1110 g/mol. The van der Waals surface area contributed by atoms with E-state index in [-0.39, 0.29) is 11.8 Å². The molecule has 10 N–H and O–H groups in total. The summed E-state index contributed by atoms with van der Waals surface area (Å²) in [5.74, 6) is -0.164. The van der Waals surface area contributed by atoms with Crippen molar-refractivity contribution in [3.63, 3.8) is 0 Å². The highest BCUT2D eigenvalue weighted by atomic mass is 16.2. The van der Waals surface area contributed by atoms with Crippen LogP contribution in [0.5, 0.6) is 0 Å². The number of carbonyl (C=O) groups is 2. The van der Waals surface area contributed by atoms with Gasteiger partial charge in [0.15, 0.2) is 0 Å². The lowest BCUT2D eigenvalue weighted by Crippen LogP contribution is -2.33. The number of nitrogens with two attached hydrogens (primary N) is 2. The molecule has 1 heterocycles. The number of aliphatic imine (C=N–C) groups is 1. The highest BCUT2D eigenvalue weighted by Gasteiger charge is 2.24. The lowest BCUT2D eigenvalue weighted by atomic mass is 10.0. The second-order valence-corrected chi connectivity index (χ2v) is 21.6. The Bertz CT molecular complexity index is 3730. The van der Waals surface area contributed by atoms with Crippen molar-refractivity contribution in [3.05, 3.63) is 185 Å². The standard InChI is InChI=1S/C69H78N12O2/c1-45-38-55(28-33-58(45)72-5)78-62-40-47(3)60(43-65(62)80(7)56-29-24-53(70)25-30-56)74-34-12-8-10-14-36-76-68(82)51-20-16-49(17-21-51)50-18-22-52(23-19-50)69(83)77-37-15-11-9-13-35-75-61-44-67-64(41-48(61)4)79-63-39-46(2)59(73-6)42-66(63)81(67)57-31-26-54(71)27-32-57/h16-27,29-33,38-44,72,74H,7-15,28,34-37,70-71H2,1-6H3,(H2-,73,75,76,77,82,83)/p+2. The SMILES string of the molecule is C=[N+](c1ccc(N)cc1)c1cc(NCCCCCCNC(=O)c2ccc(-c3ccc(C(=O)NCCCCCCNc4cc5c(cc4C)nc4cc(C)c(NC)cc4[n+]5-c4ccc(N)cc4)cc3)cc2)c(C)cc1N=C1C=C(C)C(NC)=CC1. The zero-order valence-electron chi connectivity index (χ0n) is 49.0. The predicted molar refractivity (Wildman–Crippen MR) is 348 cm³/mol. The summed E-state index contributed by atoms with van der Waals surface area (Å²) in [4.78, 5) is 36.4. The van der Waals surface area contributed by atoms with Gasteiger partial charge in [-0.05, 0) is 160 Å². The van der Waals surface area contributed by atoms with Gasteiger partial charge in [0.1, 0.15) is 23.4 Å². The number of rotatable bonds is 25. The number of hydrogen-bond acceptors (Lipinski definition) is 10. The number of amides is 2. The zero-order valence-corrected chi connectivity index (χ0v) is 49.0. The van der Waals surface area contributed by atoms with E-state index in [1.54, 1.807) is 0 Å². The average Bonchev–Trinajstić information content (AvgIpc) is 2.76. The molecule has 14 nitrogen and oxygen atoms in total. The number of benzene rings is 7. The Labute approximate surface area is 489 Å². The lowest BCUT2D eigenvalue weighted by molar-refractivity contribution is -0.538. The minimum absolute atomic E-state index is 0.0802. The number of nitrogen functional groups attached to an aromatic ring is 2. The molecule has 0 spiro atoms. The molecule has 1 aromatic heterocycles. The van der Waals surface area contributed by atoms with E-state index in [4.69, 9.17) is 21.4 Å². The summed E-state index contributed by atoms with van der Waals surface area (Å²) in [5, 5.41) is 20.1. The average molecular weight is 1110 g/mol. The summed E-state index contributed by atoms with van der Waals surface area (Å²) in [5.41, 5.74) is 34.2. The third kappa shape index (κ3) is 14.6. The maximum atomic E-state index is 13.1. The third-order valence-corrected chi connectivity index (χ3v) is 15.5. The molecule has 7 aromatic carbocycles. The summed E-state index contributed by atoms with van der Waals surface area (Å²) < 4.78 is 4.18. The van der Waals surface area contributed by atoms with E-state index in [1.807, 2.05) is 104 Å². The van der Waals surface area contributed by atoms with Crippen LogP contribution in [0.1, 0.15) is 102 Å². The number of anilines is 5. The third-order valence-electron chi connectivity index (χ3n) is 15.5. The summed E-state index contributed by atoms with van der Waals surface area (Å²) >= 11 is 0. The molecule has 14 heteroatoms. The van der Waals surface area contributed by atoms with Gasteiger partial charge in [-0.15, -0.1) is 4.57 Å². The van der Waals surface area contributed by atoms with Gasteiger partial charge < -0.3 is 43.4 Å². The highest BCUT2D eigenvalue weighted by Crippen LogP contribution is 2.37. The Morgan fingerprint density at radius 3 is 1.58 bits per heavy atom. The van der Waals surface area contributed by atoms with Crippen molar-refractivity contribution in [1.82, 2.24) is 25.5 Å². The van der Waals surface area contributed by atoms with Crippen LogP contribution in [0.2, 0.25) is 0 Å². The molecular formula is C69H80N12O2+2. The van der Waals surface area contributed by atoms with E-state index < -0.39 is 0 Å². The van der Waals surface area contributed by atoms with Crippen LogP contribution in [0.15, 0.2) is 162 Å². The van der Waals surface area contributed by atoms with Gasteiger partial charge >= 0.3 is 0 Å². The maximum Gasteiger partial charge on any atom is 0.251 e. The molecule has 9 rings (SSSR count). The van der Waals surface area contributed by atoms with Crippen LogP contribution in [0, 0.1) is 20.8 Å². The Morgan fingerprint density at radius 1 is 0.578 bits per heavy atom. The molecular weight excluding hydrogens is 1030 g/mol. The molecule has 0 fully saturated rings. The first-order valence-electron chi connectivity index (χ1n) is 29.1. The van der Waals surface area contributed by atoms with Gasteiger partial charge in [-0.2, -0.15) is 4.58 Å². The minimum Gasteiger partial charge on any atom is -0.399 e.